The maximum Gasteiger partial charge on any atom is 0.190 e. The van der Waals surface area contributed by atoms with Gasteiger partial charge in [-0.15, -0.1) is 0 Å². The first-order valence-corrected chi connectivity index (χ1v) is 10.0. The molecule has 27 heavy (non-hydrogen) atoms. The molecule has 3 saturated carbocycles. The number of hydrogen-bond donors (Lipinski definition) is 3. The molecular formula is C21H29FO5. The number of alkyl halides is 1. The van der Waals surface area contributed by atoms with Gasteiger partial charge in [0.05, 0.1) is 6.10 Å². The third-order valence-electron chi connectivity index (χ3n) is 8.63. The van der Waals surface area contributed by atoms with Crippen molar-refractivity contribution in [3.8, 4) is 0 Å². The van der Waals surface area contributed by atoms with Crippen LogP contribution in [0.15, 0.2) is 11.6 Å². The van der Waals surface area contributed by atoms with Gasteiger partial charge in [0.2, 0.25) is 0 Å². The molecule has 0 aliphatic heterocycles. The first-order chi connectivity index (χ1) is 12.6. The number of carbonyl (C=O) groups excluding carboxylic acids is 2. The number of rotatable bonds is 2. The van der Waals surface area contributed by atoms with Gasteiger partial charge in [0.15, 0.2) is 11.6 Å². The van der Waals surface area contributed by atoms with Crippen LogP contribution in [0.3, 0.4) is 0 Å². The zero-order valence-electron chi connectivity index (χ0n) is 15.9. The minimum Gasteiger partial charge on any atom is -0.393 e. The highest BCUT2D eigenvalue weighted by Crippen LogP contribution is 2.67. The van der Waals surface area contributed by atoms with E-state index in [9.17, 15) is 24.9 Å². The van der Waals surface area contributed by atoms with Crippen LogP contribution in [0.5, 0.6) is 0 Å². The Labute approximate surface area is 158 Å². The lowest BCUT2D eigenvalue weighted by atomic mass is 9.45. The maximum atomic E-state index is 15.2. The zero-order chi connectivity index (χ0) is 19.8. The Bertz CT molecular complexity index is 719. The molecule has 0 heterocycles. The van der Waals surface area contributed by atoms with Crippen molar-refractivity contribution in [3.63, 3.8) is 0 Å². The molecule has 0 aromatic carbocycles. The van der Waals surface area contributed by atoms with Crippen molar-refractivity contribution in [1.82, 2.24) is 0 Å². The highest BCUT2D eigenvalue weighted by Gasteiger charge is 2.69. The van der Waals surface area contributed by atoms with Crippen LogP contribution in [0.1, 0.15) is 52.4 Å². The van der Waals surface area contributed by atoms with Crippen LogP contribution in [0.25, 0.3) is 0 Å². The molecular weight excluding hydrogens is 351 g/mol. The molecule has 3 N–H and O–H groups in total. The topological polar surface area (TPSA) is 94.8 Å². The van der Waals surface area contributed by atoms with E-state index >= 15 is 4.39 Å². The second-order valence-corrected chi connectivity index (χ2v) is 9.65. The Morgan fingerprint density at radius 1 is 1.33 bits per heavy atom. The summed E-state index contributed by atoms with van der Waals surface area (Å²) in [5.41, 5.74) is -2.61. The average molecular weight is 380 g/mol. The summed E-state index contributed by atoms with van der Waals surface area (Å²) in [5, 5.41) is 31.6. The Balaban J connectivity index is 1.77. The van der Waals surface area contributed by atoms with Gasteiger partial charge in [0.1, 0.15) is 18.4 Å². The molecule has 3 fully saturated rings. The van der Waals surface area contributed by atoms with Crippen LogP contribution in [0.2, 0.25) is 0 Å². The summed E-state index contributed by atoms with van der Waals surface area (Å²) < 4.78 is 15.2. The number of halogens is 1. The molecule has 0 spiro atoms. The molecule has 4 rings (SSSR count). The van der Waals surface area contributed by atoms with Crippen molar-refractivity contribution in [1.29, 1.82) is 0 Å². The second kappa shape index (κ2) is 5.94. The molecule has 4 aliphatic rings. The van der Waals surface area contributed by atoms with Crippen molar-refractivity contribution in [2.75, 3.05) is 6.61 Å². The quantitative estimate of drug-likeness (QED) is 0.678. The highest BCUT2D eigenvalue weighted by molar-refractivity contribution is 5.92. The number of carbonyl (C=O) groups is 2. The number of Topliss-reactive ketones (excluding diaryl/α,β-unsaturated/α-hetero) is 1. The smallest absolute Gasteiger partial charge is 0.190 e. The van der Waals surface area contributed by atoms with Gasteiger partial charge in [-0.05, 0) is 66.9 Å². The predicted molar refractivity (Wildman–Crippen MR) is 95.4 cm³/mol. The summed E-state index contributed by atoms with van der Waals surface area (Å²) in [6, 6.07) is 0. The normalized spacial score (nSPS) is 51.9. The molecule has 6 heteroatoms. The number of allylic oxidation sites excluding steroid dienone is 1. The molecule has 0 aromatic rings. The highest BCUT2D eigenvalue weighted by atomic mass is 19.1. The monoisotopic (exact) mass is 380 g/mol. The van der Waals surface area contributed by atoms with E-state index < -0.39 is 41.1 Å². The van der Waals surface area contributed by atoms with E-state index in [1.165, 1.54) is 6.08 Å². The lowest BCUT2D eigenvalue weighted by molar-refractivity contribution is -0.185. The number of aliphatic hydroxyl groups excluding tert-OH is 2. The van der Waals surface area contributed by atoms with E-state index in [1.807, 2.05) is 13.8 Å². The lowest BCUT2D eigenvalue weighted by Crippen LogP contribution is -2.63. The van der Waals surface area contributed by atoms with Gasteiger partial charge in [-0.25, -0.2) is 4.39 Å². The van der Waals surface area contributed by atoms with E-state index in [0.717, 1.165) is 0 Å². The molecule has 0 unspecified atom stereocenters. The van der Waals surface area contributed by atoms with Crippen LogP contribution in [-0.2, 0) is 9.59 Å². The maximum absolute atomic E-state index is 15.2. The molecule has 4 aliphatic carbocycles. The van der Waals surface area contributed by atoms with Gasteiger partial charge in [-0.2, -0.15) is 0 Å². The van der Waals surface area contributed by atoms with Crippen LogP contribution in [0, 0.1) is 28.6 Å². The fourth-order valence-electron chi connectivity index (χ4n) is 7.29. The predicted octanol–water partition coefficient (Wildman–Crippen LogP) is 1.73. The van der Waals surface area contributed by atoms with Crippen LogP contribution in [-0.4, -0.2) is 51.4 Å². The van der Waals surface area contributed by atoms with E-state index in [4.69, 9.17) is 0 Å². The number of ketones is 2. The number of fused-ring (bicyclic) bond motifs is 5. The molecule has 0 bridgehead atoms. The van der Waals surface area contributed by atoms with Gasteiger partial charge < -0.3 is 15.3 Å². The SMILES string of the molecule is C[C@]12CCC(=O)C=C1[C@@H](F)C[C@H]1[C@H]2[C@@H](O)C[C@]2(C)[C@@H]1CC[C@@]2(O)C(=O)CO. The molecule has 0 amide bonds. The third-order valence-corrected chi connectivity index (χ3v) is 8.63. The molecule has 8 atom stereocenters. The van der Waals surface area contributed by atoms with Crippen LogP contribution in [0.4, 0.5) is 4.39 Å². The van der Waals surface area contributed by atoms with Gasteiger partial charge in [0.25, 0.3) is 0 Å². The van der Waals surface area contributed by atoms with Crippen molar-refractivity contribution in [2.45, 2.75) is 70.2 Å². The Morgan fingerprint density at radius 3 is 2.70 bits per heavy atom. The Hall–Kier alpha value is -1.11. The summed E-state index contributed by atoms with van der Waals surface area (Å²) in [5.74, 6) is -1.11. The van der Waals surface area contributed by atoms with Gasteiger partial charge in [0, 0.05) is 11.8 Å². The Morgan fingerprint density at radius 2 is 2.04 bits per heavy atom. The van der Waals surface area contributed by atoms with Gasteiger partial charge in [-0.3, -0.25) is 9.59 Å². The standard InChI is InChI=1S/C21H29FO5/c1-19-5-3-11(24)7-14(19)15(22)8-12-13-4-6-21(27,17(26)10-23)20(13,2)9-16(25)18(12)19/h7,12-13,15-16,18,23,25,27H,3-6,8-10H2,1-2H3/t12-,13-,15+,16+,18+,19+,20-,21-/m1/s1. The minimum atomic E-state index is -1.68. The molecule has 5 nitrogen and oxygen atoms in total. The summed E-state index contributed by atoms with van der Waals surface area (Å²) in [4.78, 5) is 24.2. The fraction of sp³-hybridized carbons (Fsp3) is 0.810. The lowest BCUT2D eigenvalue weighted by Gasteiger charge is -2.61. The zero-order valence-corrected chi connectivity index (χ0v) is 15.9. The molecule has 150 valence electrons. The van der Waals surface area contributed by atoms with E-state index in [2.05, 4.69) is 0 Å². The van der Waals surface area contributed by atoms with Crippen molar-refractivity contribution >= 4 is 11.6 Å². The van der Waals surface area contributed by atoms with E-state index in [0.29, 0.717) is 24.8 Å². The molecule has 0 radical (unpaired) electrons. The average Bonchev–Trinajstić information content (AvgIpc) is 2.87. The summed E-state index contributed by atoms with van der Waals surface area (Å²) in [7, 11) is 0. The number of aliphatic hydroxyl groups is 3. The minimum absolute atomic E-state index is 0.0532. The van der Waals surface area contributed by atoms with E-state index in [1.54, 1.807) is 0 Å². The summed E-state index contributed by atoms with van der Waals surface area (Å²) in [6.45, 7) is 3.03. The Kier molecular flexibility index (Phi) is 4.23. The van der Waals surface area contributed by atoms with Gasteiger partial charge >= 0.3 is 0 Å². The first kappa shape index (κ1) is 19.2. The fourth-order valence-corrected chi connectivity index (χ4v) is 7.29. The second-order valence-electron chi connectivity index (χ2n) is 9.65. The van der Waals surface area contributed by atoms with Crippen LogP contribution < -0.4 is 0 Å². The van der Waals surface area contributed by atoms with Crippen molar-refractivity contribution in [3.05, 3.63) is 11.6 Å². The van der Waals surface area contributed by atoms with Crippen molar-refractivity contribution in [2.24, 2.45) is 28.6 Å². The number of hydrogen-bond acceptors (Lipinski definition) is 5. The molecule has 0 aromatic heterocycles. The summed E-state index contributed by atoms with van der Waals surface area (Å²) in [6.07, 6.45) is 1.57. The van der Waals surface area contributed by atoms with E-state index in [-0.39, 0.29) is 42.8 Å². The van der Waals surface area contributed by atoms with Gasteiger partial charge in [-0.1, -0.05) is 13.8 Å². The first-order valence-electron chi connectivity index (χ1n) is 10.0. The largest absolute Gasteiger partial charge is 0.393 e. The third kappa shape index (κ3) is 2.33. The van der Waals surface area contributed by atoms with Crippen molar-refractivity contribution < 1.29 is 29.3 Å². The van der Waals surface area contributed by atoms with Crippen LogP contribution >= 0.6 is 0 Å². The molecule has 0 saturated heterocycles. The summed E-state index contributed by atoms with van der Waals surface area (Å²) >= 11 is 0.